The fourth-order valence-corrected chi connectivity index (χ4v) is 3.05. The van der Waals surface area contributed by atoms with Crippen molar-refractivity contribution in [3.8, 4) is 0 Å². The van der Waals surface area contributed by atoms with Gasteiger partial charge in [0.15, 0.2) is 0 Å². The molecule has 0 radical (unpaired) electrons. The Morgan fingerprint density at radius 1 is 1.11 bits per heavy atom. The van der Waals surface area contributed by atoms with Gasteiger partial charge in [0.25, 0.3) is 0 Å². The molecule has 3 nitrogen and oxygen atoms in total. The molecule has 1 atom stereocenters. The second-order valence-corrected chi connectivity index (χ2v) is 5.15. The average molecular weight is 249 g/mol. The molecule has 4 rings (SSSR count). The van der Waals surface area contributed by atoms with E-state index in [0.717, 1.165) is 18.6 Å². The monoisotopic (exact) mass is 249 g/mol. The zero-order chi connectivity index (χ0) is 12.7. The molecule has 0 aliphatic heterocycles. The lowest BCUT2D eigenvalue weighted by atomic mass is 9.84. The fraction of sp³-hybridized carbons (Fsp3) is 0.250. The van der Waals surface area contributed by atoms with Gasteiger partial charge in [-0.25, -0.2) is 9.97 Å². The number of hydrogen-bond acceptors (Lipinski definition) is 2. The van der Waals surface area contributed by atoms with E-state index in [1.807, 2.05) is 12.3 Å². The zero-order valence-electron chi connectivity index (χ0n) is 10.7. The first-order chi connectivity index (χ1) is 9.42. The topological polar surface area (TPSA) is 30.2 Å². The highest BCUT2D eigenvalue weighted by molar-refractivity contribution is 5.38. The molecule has 0 fully saturated rings. The van der Waals surface area contributed by atoms with E-state index >= 15 is 0 Å². The van der Waals surface area contributed by atoms with Gasteiger partial charge in [0, 0.05) is 18.1 Å². The van der Waals surface area contributed by atoms with E-state index in [1.54, 1.807) is 0 Å². The molecular weight excluding hydrogens is 234 g/mol. The Morgan fingerprint density at radius 2 is 2.00 bits per heavy atom. The van der Waals surface area contributed by atoms with Crippen LogP contribution in [0.1, 0.15) is 29.3 Å². The maximum Gasteiger partial charge on any atom is 0.234 e. The SMILES string of the molecule is c1ccc(C2CCc3nc4ncccn4c3C2)cc1. The molecule has 2 heterocycles. The third-order valence-corrected chi connectivity index (χ3v) is 4.03. The van der Waals surface area contributed by atoms with Gasteiger partial charge in [-0.3, -0.25) is 4.40 Å². The summed E-state index contributed by atoms with van der Waals surface area (Å²) < 4.78 is 2.14. The standard InChI is InChI=1S/C16H15N3/c1-2-5-12(6-3-1)13-7-8-14-15(11-13)19-10-4-9-17-16(19)18-14/h1-6,9-10,13H,7-8,11H2. The van der Waals surface area contributed by atoms with Crippen LogP contribution in [-0.4, -0.2) is 14.4 Å². The molecule has 0 spiro atoms. The number of rotatable bonds is 1. The van der Waals surface area contributed by atoms with Gasteiger partial charge < -0.3 is 0 Å². The van der Waals surface area contributed by atoms with Crippen LogP contribution in [0.5, 0.6) is 0 Å². The number of hydrogen-bond donors (Lipinski definition) is 0. The van der Waals surface area contributed by atoms with Crippen LogP contribution in [0, 0.1) is 0 Å². The third kappa shape index (κ3) is 1.73. The van der Waals surface area contributed by atoms with Crippen molar-refractivity contribution in [2.24, 2.45) is 0 Å². The van der Waals surface area contributed by atoms with Crippen molar-refractivity contribution < 1.29 is 0 Å². The van der Waals surface area contributed by atoms with E-state index in [2.05, 4.69) is 50.9 Å². The molecule has 1 aliphatic carbocycles. The number of imidazole rings is 1. The number of benzene rings is 1. The Morgan fingerprint density at radius 3 is 2.89 bits per heavy atom. The molecule has 0 saturated heterocycles. The van der Waals surface area contributed by atoms with E-state index < -0.39 is 0 Å². The summed E-state index contributed by atoms with van der Waals surface area (Å²) in [5, 5.41) is 0. The van der Waals surface area contributed by atoms with Crippen LogP contribution >= 0.6 is 0 Å². The summed E-state index contributed by atoms with van der Waals surface area (Å²) in [7, 11) is 0. The van der Waals surface area contributed by atoms with E-state index in [1.165, 1.54) is 23.4 Å². The van der Waals surface area contributed by atoms with Crippen LogP contribution in [0.15, 0.2) is 48.8 Å². The molecule has 1 aromatic carbocycles. The van der Waals surface area contributed by atoms with Crippen LogP contribution in [0.2, 0.25) is 0 Å². The molecule has 1 aliphatic rings. The Bertz CT molecular complexity index is 715. The number of aryl methyl sites for hydroxylation is 1. The van der Waals surface area contributed by atoms with Gasteiger partial charge >= 0.3 is 0 Å². The third-order valence-electron chi connectivity index (χ3n) is 4.03. The Labute approximate surface area is 111 Å². The van der Waals surface area contributed by atoms with E-state index in [4.69, 9.17) is 0 Å². The van der Waals surface area contributed by atoms with Gasteiger partial charge in [0.1, 0.15) is 0 Å². The van der Waals surface area contributed by atoms with E-state index in [0.29, 0.717) is 5.92 Å². The summed E-state index contributed by atoms with van der Waals surface area (Å²) >= 11 is 0. The minimum absolute atomic E-state index is 0.605. The summed E-state index contributed by atoms with van der Waals surface area (Å²) in [6, 6.07) is 12.8. The number of fused-ring (bicyclic) bond motifs is 3. The van der Waals surface area contributed by atoms with Crippen LogP contribution < -0.4 is 0 Å². The summed E-state index contributed by atoms with van der Waals surface area (Å²) in [4.78, 5) is 8.97. The van der Waals surface area contributed by atoms with Crippen molar-refractivity contribution in [2.45, 2.75) is 25.2 Å². The van der Waals surface area contributed by atoms with Crippen LogP contribution in [0.3, 0.4) is 0 Å². The van der Waals surface area contributed by atoms with Gasteiger partial charge in [-0.2, -0.15) is 0 Å². The highest BCUT2D eigenvalue weighted by Crippen LogP contribution is 2.32. The van der Waals surface area contributed by atoms with Gasteiger partial charge in [-0.1, -0.05) is 30.3 Å². The van der Waals surface area contributed by atoms with E-state index in [9.17, 15) is 0 Å². The predicted molar refractivity (Wildman–Crippen MR) is 74.2 cm³/mol. The summed E-state index contributed by atoms with van der Waals surface area (Å²) in [6.45, 7) is 0. The maximum absolute atomic E-state index is 4.63. The lowest BCUT2D eigenvalue weighted by molar-refractivity contribution is 0.567. The van der Waals surface area contributed by atoms with Gasteiger partial charge in [-0.15, -0.1) is 0 Å². The maximum atomic E-state index is 4.63. The second-order valence-electron chi connectivity index (χ2n) is 5.15. The first kappa shape index (κ1) is 10.7. The number of aromatic nitrogens is 3. The molecular formula is C16H15N3. The van der Waals surface area contributed by atoms with Crippen LogP contribution in [-0.2, 0) is 12.8 Å². The van der Waals surface area contributed by atoms with Crippen LogP contribution in [0.25, 0.3) is 5.78 Å². The fourth-order valence-electron chi connectivity index (χ4n) is 3.05. The highest BCUT2D eigenvalue weighted by atomic mass is 15.1. The number of nitrogens with zero attached hydrogens (tertiary/aromatic N) is 3. The molecule has 1 unspecified atom stereocenters. The predicted octanol–water partition coefficient (Wildman–Crippen LogP) is 3.00. The van der Waals surface area contributed by atoms with Crippen molar-refractivity contribution >= 4 is 5.78 Å². The summed E-state index contributed by atoms with van der Waals surface area (Å²) in [5.74, 6) is 1.44. The zero-order valence-corrected chi connectivity index (χ0v) is 10.7. The molecule has 0 N–H and O–H groups in total. The average Bonchev–Trinajstić information content (AvgIpc) is 2.86. The van der Waals surface area contributed by atoms with E-state index in [-0.39, 0.29) is 0 Å². The van der Waals surface area contributed by atoms with Gasteiger partial charge in [0.2, 0.25) is 5.78 Å². The van der Waals surface area contributed by atoms with Crippen molar-refractivity contribution in [2.75, 3.05) is 0 Å². The highest BCUT2D eigenvalue weighted by Gasteiger charge is 2.24. The minimum Gasteiger partial charge on any atom is -0.288 e. The second kappa shape index (κ2) is 4.19. The quantitative estimate of drug-likeness (QED) is 0.663. The van der Waals surface area contributed by atoms with Gasteiger partial charge in [-0.05, 0) is 36.8 Å². The normalized spacial score (nSPS) is 18.4. The molecule has 94 valence electrons. The lowest BCUT2D eigenvalue weighted by Crippen LogP contribution is -2.13. The molecule has 19 heavy (non-hydrogen) atoms. The Kier molecular flexibility index (Phi) is 2.37. The largest absolute Gasteiger partial charge is 0.288 e. The van der Waals surface area contributed by atoms with Crippen molar-refractivity contribution in [1.82, 2.24) is 14.4 Å². The van der Waals surface area contributed by atoms with Gasteiger partial charge in [0.05, 0.1) is 5.69 Å². The minimum atomic E-state index is 0.605. The summed E-state index contributed by atoms with van der Waals surface area (Å²) in [6.07, 6.45) is 7.18. The molecule has 0 saturated carbocycles. The van der Waals surface area contributed by atoms with Crippen LogP contribution in [0.4, 0.5) is 0 Å². The first-order valence-electron chi connectivity index (χ1n) is 6.77. The van der Waals surface area contributed by atoms with Crippen molar-refractivity contribution in [3.05, 3.63) is 65.7 Å². The van der Waals surface area contributed by atoms with Crippen molar-refractivity contribution in [3.63, 3.8) is 0 Å². The molecule has 0 amide bonds. The summed E-state index contributed by atoms with van der Waals surface area (Å²) in [5.41, 5.74) is 4.00. The molecule has 3 aromatic rings. The Balaban J connectivity index is 1.77. The van der Waals surface area contributed by atoms with Crippen molar-refractivity contribution in [1.29, 1.82) is 0 Å². The molecule has 0 bridgehead atoms. The smallest absolute Gasteiger partial charge is 0.234 e. The first-order valence-corrected chi connectivity index (χ1v) is 6.77. The molecule has 3 heteroatoms. The Hall–Kier alpha value is -2.16. The molecule has 2 aromatic heterocycles. The lowest BCUT2D eigenvalue weighted by Gasteiger charge is -2.22.